The third kappa shape index (κ3) is 2.01. The molecule has 5 nitrogen and oxygen atoms in total. The first-order chi connectivity index (χ1) is 9.79. The Morgan fingerprint density at radius 1 is 1.25 bits per heavy atom. The second kappa shape index (κ2) is 4.64. The Morgan fingerprint density at radius 3 is 2.95 bits per heavy atom. The molecule has 0 radical (unpaired) electrons. The van der Waals surface area contributed by atoms with Gasteiger partial charge in [0.05, 0.1) is 30.6 Å². The molecule has 1 saturated heterocycles. The molecule has 1 aromatic heterocycles. The van der Waals surface area contributed by atoms with E-state index in [9.17, 15) is 4.39 Å². The summed E-state index contributed by atoms with van der Waals surface area (Å²) < 4.78 is 20.8. The van der Waals surface area contributed by atoms with Gasteiger partial charge < -0.3 is 4.74 Å². The first-order valence-electron chi connectivity index (χ1n) is 6.77. The van der Waals surface area contributed by atoms with E-state index < -0.39 is 0 Å². The lowest BCUT2D eigenvalue weighted by atomic mass is 10.2. The summed E-state index contributed by atoms with van der Waals surface area (Å²) in [5, 5.41) is 8.12. The Hall–Kier alpha value is -1.79. The Bertz CT molecular complexity index is 612. The number of nitrogens with zero attached hydrogens (tertiary/aromatic N) is 4. The second-order valence-corrected chi connectivity index (χ2v) is 5.41. The minimum absolute atomic E-state index is 0.171. The lowest BCUT2D eigenvalue weighted by Gasteiger charge is -2.25. The van der Waals surface area contributed by atoms with Gasteiger partial charge in [-0.1, -0.05) is 17.3 Å². The molecular formula is C14H15FN4O. The molecule has 0 aliphatic carbocycles. The van der Waals surface area contributed by atoms with Crippen LogP contribution in [0.3, 0.4) is 0 Å². The molecule has 104 valence electrons. The monoisotopic (exact) mass is 274 g/mol. The molecule has 0 amide bonds. The van der Waals surface area contributed by atoms with Crippen molar-refractivity contribution < 1.29 is 9.13 Å². The molecule has 0 saturated carbocycles. The standard InChI is InChI=1S/C14H15FN4O/c15-11-3-1-10(2-4-11)6-18-7-13-14(8-18)20-9-12-5-16-17-19(12)13/h1-5,13-14H,6-9H2/t13-,14-/m0/s1. The van der Waals surface area contributed by atoms with E-state index in [0.29, 0.717) is 6.61 Å². The summed E-state index contributed by atoms with van der Waals surface area (Å²) in [6, 6.07) is 6.91. The highest BCUT2D eigenvalue weighted by molar-refractivity contribution is 5.16. The number of fused-ring (bicyclic) bond motifs is 3. The number of halogens is 1. The normalized spacial score (nSPS) is 25.4. The zero-order chi connectivity index (χ0) is 13.5. The summed E-state index contributed by atoms with van der Waals surface area (Å²) in [6.07, 6.45) is 1.93. The van der Waals surface area contributed by atoms with Gasteiger partial charge in [0, 0.05) is 19.6 Å². The fourth-order valence-electron chi connectivity index (χ4n) is 3.05. The van der Waals surface area contributed by atoms with E-state index in [1.54, 1.807) is 6.20 Å². The van der Waals surface area contributed by atoms with Crippen molar-refractivity contribution in [2.24, 2.45) is 0 Å². The van der Waals surface area contributed by atoms with E-state index in [1.807, 2.05) is 16.8 Å². The first kappa shape index (κ1) is 12.0. The van der Waals surface area contributed by atoms with Crippen LogP contribution in [0.25, 0.3) is 0 Å². The zero-order valence-corrected chi connectivity index (χ0v) is 10.9. The van der Waals surface area contributed by atoms with Crippen LogP contribution in [0.2, 0.25) is 0 Å². The second-order valence-electron chi connectivity index (χ2n) is 5.41. The maximum atomic E-state index is 12.9. The molecule has 0 bridgehead atoms. The molecule has 20 heavy (non-hydrogen) atoms. The molecule has 0 N–H and O–H groups in total. The molecule has 2 aliphatic rings. The van der Waals surface area contributed by atoms with Gasteiger partial charge >= 0.3 is 0 Å². The van der Waals surface area contributed by atoms with Gasteiger partial charge in [-0.15, -0.1) is 5.10 Å². The quantitative estimate of drug-likeness (QED) is 0.829. The van der Waals surface area contributed by atoms with Gasteiger partial charge in [0.2, 0.25) is 0 Å². The predicted molar refractivity (Wildman–Crippen MR) is 69.3 cm³/mol. The van der Waals surface area contributed by atoms with Gasteiger partial charge in [-0.25, -0.2) is 9.07 Å². The van der Waals surface area contributed by atoms with E-state index in [1.165, 1.54) is 12.1 Å². The lowest BCUT2D eigenvalue weighted by Crippen LogP contribution is -2.32. The molecule has 6 heteroatoms. The third-order valence-electron chi connectivity index (χ3n) is 4.04. The van der Waals surface area contributed by atoms with E-state index in [2.05, 4.69) is 15.2 Å². The van der Waals surface area contributed by atoms with Crippen LogP contribution in [-0.2, 0) is 17.9 Å². The Morgan fingerprint density at radius 2 is 2.10 bits per heavy atom. The number of ether oxygens (including phenoxy) is 1. The third-order valence-corrected chi connectivity index (χ3v) is 4.04. The topological polar surface area (TPSA) is 43.2 Å². The van der Waals surface area contributed by atoms with Crippen molar-refractivity contribution in [3.8, 4) is 0 Å². The van der Waals surface area contributed by atoms with Crippen molar-refractivity contribution in [1.29, 1.82) is 0 Å². The zero-order valence-electron chi connectivity index (χ0n) is 10.9. The van der Waals surface area contributed by atoms with Crippen LogP contribution >= 0.6 is 0 Å². The number of hydrogen-bond acceptors (Lipinski definition) is 4. The molecule has 0 spiro atoms. The molecule has 2 aromatic rings. The Labute approximate surface area is 116 Å². The van der Waals surface area contributed by atoms with Crippen LogP contribution in [0, 0.1) is 5.82 Å². The molecule has 2 atom stereocenters. The van der Waals surface area contributed by atoms with Crippen molar-refractivity contribution in [3.63, 3.8) is 0 Å². The fraction of sp³-hybridized carbons (Fsp3) is 0.429. The highest BCUT2D eigenvalue weighted by Crippen LogP contribution is 2.30. The van der Waals surface area contributed by atoms with Crippen LogP contribution in [-0.4, -0.2) is 39.1 Å². The summed E-state index contributed by atoms with van der Waals surface area (Å²) in [5.74, 6) is -0.195. The van der Waals surface area contributed by atoms with Crippen molar-refractivity contribution in [3.05, 3.63) is 47.5 Å². The van der Waals surface area contributed by atoms with Crippen LogP contribution in [0.15, 0.2) is 30.5 Å². The van der Waals surface area contributed by atoms with E-state index in [0.717, 1.165) is 30.9 Å². The molecule has 0 unspecified atom stereocenters. The summed E-state index contributed by atoms with van der Waals surface area (Å²) in [5.41, 5.74) is 2.15. The predicted octanol–water partition coefficient (Wildman–Crippen LogP) is 1.37. The van der Waals surface area contributed by atoms with Gasteiger partial charge in [-0.05, 0) is 17.7 Å². The molecule has 3 heterocycles. The fourth-order valence-corrected chi connectivity index (χ4v) is 3.05. The van der Waals surface area contributed by atoms with E-state index in [4.69, 9.17) is 4.74 Å². The maximum Gasteiger partial charge on any atom is 0.123 e. The van der Waals surface area contributed by atoms with Gasteiger partial charge in [0.15, 0.2) is 0 Å². The molecule has 1 fully saturated rings. The highest BCUT2D eigenvalue weighted by Gasteiger charge is 2.39. The van der Waals surface area contributed by atoms with Crippen LogP contribution in [0.1, 0.15) is 17.3 Å². The Balaban J connectivity index is 1.50. The largest absolute Gasteiger partial charge is 0.368 e. The minimum Gasteiger partial charge on any atom is -0.368 e. The number of rotatable bonds is 2. The van der Waals surface area contributed by atoms with Crippen molar-refractivity contribution in [2.45, 2.75) is 25.3 Å². The smallest absolute Gasteiger partial charge is 0.123 e. The SMILES string of the molecule is Fc1ccc(CN2C[C@@H]3OCc4cnnn4[C@H]3C2)cc1. The molecule has 4 rings (SSSR count). The first-order valence-corrected chi connectivity index (χ1v) is 6.77. The number of hydrogen-bond donors (Lipinski definition) is 0. The maximum absolute atomic E-state index is 12.9. The summed E-state index contributed by atoms with van der Waals surface area (Å²) >= 11 is 0. The average molecular weight is 274 g/mol. The van der Waals surface area contributed by atoms with E-state index in [-0.39, 0.29) is 18.0 Å². The molecular weight excluding hydrogens is 259 g/mol. The molecule has 1 aromatic carbocycles. The summed E-state index contributed by atoms with van der Waals surface area (Å²) in [4.78, 5) is 2.32. The van der Waals surface area contributed by atoms with Crippen LogP contribution in [0.5, 0.6) is 0 Å². The van der Waals surface area contributed by atoms with Gasteiger partial charge in [0.1, 0.15) is 5.82 Å². The van der Waals surface area contributed by atoms with Crippen molar-refractivity contribution in [1.82, 2.24) is 19.9 Å². The lowest BCUT2D eigenvalue weighted by molar-refractivity contribution is -0.00521. The van der Waals surface area contributed by atoms with Gasteiger partial charge in [-0.2, -0.15) is 0 Å². The van der Waals surface area contributed by atoms with Crippen molar-refractivity contribution in [2.75, 3.05) is 13.1 Å². The minimum atomic E-state index is -0.195. The number of benzene rings is 1. The summed E-state index contributed by atoms with van der Waals surface area (Å²) in [6.45, 7) is 3.15. The number of likely N-dealkylation sites (tertiary alicyclic amines) is 1. The summed E-state index contributed by atoms with van der Waals surface area (Å²) in [7, 11) is 0. The van der Waals surface area contributed by atoms with Gasteiger partial charge in [0.25, 0.3) is 0 Å². The Kier molecular flexibility index (Phi) is 2.78. The average Bonchev–Trinajstić information content (AvgIpc) is 3.06. The van der Waals surface area contributed by atoms with Crippen LogP contribution < -0.4 is 0 Å². The number of aromatic nitrogens is 3. The van der Waals surface area contributed by atoms with Crippen LogP contribution in [0.4, 0.5) is 4.39 Å². The highest BCUT2D eigenvalue weighted by atomic mass is 19.1. The van der Waals surface area contributed by atoms with Gasteiger partial charge in [-0.3, -0.25) is 4.90 Å². The van der Waals surface area contributed by atoms with E-state index >= 15 is 0 Å². The van der Waals surface area contributed by atoms with Crippen molar-refractivity contribution >= 4 is 0 Å². The molecule has 2 aliphatic heterocycles.